The standard InChI is InChI=1S/C10H10N2O3/c13-9-8(6-11-9)12-10(14)15-7-4-2-1-3-5-7/h1-5,8H,6H2,(H,11,13)(H,12,14)/t8-/m0/s1. The van der Waals surface area contributed by atoms with Gasteiger partial charge in [-0.05, 0) is 12.1 Å². The maximum absolute atomic E-state index is 11.2. The molecule has 78 valence electrons. The topological polar surface area (TPSA) is 67.4 Å². The third kappa shape index (κ3) is 2.25. The molecule has 1 saturated heterocycles. The van der Waals surface area contributed by atoms with Crippen LogP contribution in [-0.2, 0) is 4.79 Å². The molecular formula is C10H10N2O3. The van der Waals surface area contributed by atoms with Crippen molar-refractivity contribution in [2.75, 3.05) is 6.54 Å². The van der Waals surface area contributed by atoms with Gasteiger partial charge in [0.1, 0.15) is 11.8 Å². The second-order valence-corrected chi connectivity index (χ2v) is 3.14. The Balaban J connectivity index is 1.85. The molecule has 0 saturated carbocycles. The van der Waals surface area contributed by atoms with E-state index in [2.05, 4.69) is 10.6 Å². The summed E-state index contributed by atoms with van der Waals surface area (Å²) >= 11 is 0. The van der Waals surface area contributed by atoms with Gasteiger partial charge in [0, 0.05) is 6.54 Å². The fourth-order valence-corrected chi connectivity index (χ4v) is 1.17. The third-order valence-corrected chi connectivity index (χ3v) is 2.04. The summed E-state index contributed by atoms with van der Waals surface area (Å²) in [6.07, 6.45) is -0.610. The highest BCUT2D eigenvalue weighted by atomic mass is 16.6. The van der Waals surface area contributed by atoms with E-state index in [1.54, 1.807) is 24.3 Å². The van der Waals surface area contributed by atoms with Gasteiger partial charge in [-0.2, -0.15) is 0 Å². The number of nitrogens with one attached hydrogen (secondary N) is 2. The van der Waals surface area contributed by atoms with Gasteiger partial charge in [0.2, 0.25) is 5.91 Å². The largest absolute Gasteiger partial charge is 0.413 e. The third-order valence-electron chi connectivity index (χ3n) is 2.04. The first-order valence-corrected chi connectivity index (χ1v) is 4.57. The lowest BCUT2D eigenvalue weighted by Gasteiger charge is -2.25. The number of carbonyl (C=O) groups is 2. The molecule has 1 heterocycles. The number of hydrogen-bond acceptors (Lipinski definition) is 3. The first-order valence-electron chi connectivity index (χ1n) is 4.57. The summed E-state index contributed by atoms with van der Waals surface area (Å²) < 4.78 is 4.94. The second kappa shape index (κ2) is 4.00. The van der Waals surface area contributed by atoms with Crippen molar-refractivity contribution >= 4 is 12.0 Å². The predicted molar refractivity (Wildman–Crippen MR) is 52.4 cm³/mol. The molecule has 1 aliphatic rings. The van der Waals surface area contributed by atoms with E-state index in [4.69, 9.17) is 4.74 Å². The Morgan fingerprint density at radius 3 is 2.67 bits per heavy atom. The maximum Gasteiger partial charge on any atom is 0.413 e. The average molecular weight is 206 g/mol. The number of rotatable bonds is 2. The first kappa shape index (κ1) is 9.51. The molecular weight excluding hydrogens is 196 g/mol. The van der Waals surface area contributed by atoms with E-state index in [0.717, 1.165) is 0 Å². The highest BCUT2D eigenvalue weighted by Gasteiger charge is 2.29. The van der Waals surface area contributed by atoms with Crippen LogP contribution in [0.25, 0.3) is 0 Å². The Morgan fingerprint density at radius 2 is 2.13 bits per heavy atom. The molecule has 2 rings (SSSR count). The van der Waals surface area contributed by atoms with Gasteiger partial charge in [0.15, 0.2) is 0 Å². The summed E-state index contributed by atoms with van der Waals surface area (Å²) in [5, 5.41) is 4.96. The van der Waals surface area contributed by atoms with Crippen LogP contribution in [0.15, 0.2) is 30.3 Å². The van der Waals surface area contributed by atoms with Crippen molar-refractivity contribution in [3.63, 3.8) is 0 Å². The second-order valence-electron chi connectivity index (χ2n) is 3.14. The van der Waals surface area contributed by atoms with Crippen LogP contribution in [0.1, 0.15) is 0 Å². The maximum atomic E-state index is 11.2. The van der Waals surface area contributed by atoms with E-state index in [0.29, 0.717) is 12.3 Å². The summed E-state index contributed by atoms with van der Waals surface area (Å²) in [5.74, 6) is 0.273. The fraction of sp³-hybridized carbons (Fsp3) is 0.200. The average Bonchev–Trinajstić information content (AvgIpc) is 2.25. The smallest absolute Gasteiger partial charge is 0.410 e. The molecule has 1 aromatic carbocycles. The van der Waals surface area contributed by atoms with Gasteiger partial charge in [-0.3, -0.25) is 4.79 Å². The molecule has 0 radical (unpaired) electrons. The van der Waals surface area contributed by atoms with Crippen molar-refractivity contribution in [2.45, 2.75) is 6.04 Å². The molecule has 5 heteroatoms. The van der Waals surface area contributed by atoms with E-state index in [-0.39, 0.29) is 5.91 Å². The van der Waals surface area contributed by atoms with Gasteiger partial charge >= 0.3 is 6.09 Å². The van der Waals surface area contributed by atoms with Crippen LogP contribution >= 0.6 is 0 Å². The van der Waals surface area contributed by atoms with E-state index >= 15 is 0 Å². The van der Waals surface area contributed by atoms with Crippen molar-refractivity contribution in [1.29, 1.82) is 0 Å². The van der Waals surface area contributed by atoms with Gasteiger partial charge < -0.3 is 15.4 Å². The number of para-hydroxylation sites is 1. The highest BCUT2D eigenvalue weighted by Crippen LogP contribution is 2.08. The van der Waals surface area contributed by atoms with Crippen LogP contribution < -0.4 is 15.4 Å². The van der Waals surface area contributed by atoms with Crippen molar-refractivity contribution < 1.29 is 14.3 Å². The Labute approximate surface area is 86.4 Å². The van der Waals surface area contributed by atoms with Crippen LogP contribution in [0.3, 0.4) is 0 Å². The van der Waals surface area contributed by atoms with Crippen molar-refractivity contribution in [2.24, 2.45) is 0 Å². The Kier molecular flexibility index (Phi) is 2.53. The Hall–Kier alpha value is -2.04. The molecule has 1 atom stereocenters. The summed E-state index contributed by atoms with van der Waals surface area (Å²) in [5.41, 5.74) is 0. The summed E-state index contributed by atoms with van der Waals surface area (Å²) in [7, 11) is 0. The molecule has 1 aliphatic heterocycles. The molecule has 2 N–H and O–H groups in total. The molecule has 2 amide bonds. The van der Waals surface area contributed by atoms with Gasteiger partial charge in [-0.25, -0.2) is 4.79 Å². The minimum atomic E-state index is -0.610. The lowest BCUT2D eigenvalue weighted by Crippen LogP contribution is -2.62. The van der Waals surface area contributed by atoms with Gasteiger partial charge in [-0.1, -0.05) is 18.2 Å². The van der Waals surface area contributed by atoms with Crippen molar-refractivity contribution in [1.82, 2.24) is 10.6 Å². The Bertz CT molecular complexity index is 378. The minimum Gasteiger partial charge on any atom is -0.410 e. The quantitative estimate of drug-likeness (QED) is 0.683. The molecule has 1 fully saturated rings. The van der Waals surface area contributed by atoms with Crippen molar-refractivity contribution in [3.8, 4) is 5.75 Å². The monoisotopic (exact) mass is 206 g/mol. The zero-order valence-corrected chi connectivity index (χ0v) is 7.90. The molecule has 1 aromatic rings. The molecule has 0 aromatic heterocycles. The zero-order valence-electron chi connectivity index (χ0n) is 7.90. The van der Waals surface area contributed by atoms with E-state index in [1.165, 1.54) is 0 Å². The van der Waals surface area contributed by atoms with Gasteiger partial charge in [0.05, 0.1) is 0 Å². The number of carbonyl (C=O) groups excluding carboxylic acids is 2. The Morgan fingerprint density at radius 1 is 1.40 bits per heavy atom. The first-order chi connectivity index (χ1) is 7.25. The minimum absolute atomic E-state index is 0.181. The van der Waals surface area contributed by atoms with Crippen LogP contribution in [0.2, 0.25) is 0 Å². The van der Waals surface area contributed by atoms with Crippen LogP contribution in [0, 0.1) is 0 Å². The van der Waals surface area contributed by atoms with Crippen LogP contribution in [0.5, 0.6) is 5.75 Å². The number of benzene rings is 1. The molecule has 0 bridgehead atoms. The molecule has 15 heavy (non-hydrogen) atoms. The fourth-order valence-electron chi connectivity index (χ4n) is 1.17. The van der Waals surface area contributed by atoms with Crippen molar-refractivity contribution in [3.05, 3.63) is 30.3 Å². The number of ether oxygens (including phenoxy) is 1. The number of β-lactam (4-membered cyclic amide) rings is 1. The zero-order chi connectivity index (χ0) is 10.7. The SMILES string of the molecule is O=C(N[C@H]1CNC1=O)Oc1ccccc1. The summed E-state index contributed by atoms with van der Waals surface area (Å²) in [6, 6.07) is 8.23. The molecule has 0 aliphatic carbocycles. The van der Waals surface area contributed by atoms with Gasteiger partial charge in [-0.15, -0.1) is 0 Å². The lowest BCUT2D eigenvalue weighted by molar-refractivity contribution is -0.128. The number of hydrogen-bond donors (Lipinski definition) is 2. The summed E-state index contributed by atoms with van der Waals surface area (Å²) in [4.78, 5) is 22.1. The normalized spacial score (nSPS) is 18.7. The van der Waals surface area contributed by atoms with E-state index in [9.17, 15) is 9.59 Å². The summed E-state index contributed by atoms with van der Waals surface area (Å²) in [6.45, 7) is 0.461. The van der Waals surface area contributed by atoms with Crippen LogP contribution in [-0.4, -0.2) is 24.6 Å². The highest BCUT2D eigenvalue weighted by molar-refractivity contribution is 5.91. The number of amides is 2. The van der Waals surface area contributed by atoms with E-state index in [1.807, 2.05) is 6.07 Å². The lowest BCUT2D eigenvalue weighted by atomic mass is 10.2. The van der Waals surface area contributed by atoms with Gasteiger partial charge in [0.25, 0.3) is 0 Å². The molecule has 0 unspecified atom stereocenters. The molecule has 0 spiro atoms. The van der Waals surface area contributed by atoms with E-state index < -0.39 is 12.1 Å². The predicted octanol–water partition coefficient (Wildman–Crippen LogP) is 0.273. The van der Waals surface area contributed by atoms with Crippen LogP contribution in [0.4, 0.5) is 4.79 Å². The molecule has 5 nitrogen and oxygen atoms in total.